The van der Waals surface area contributed by atoms with Crippen LogP contribution in [0.5, 0.6) is 0 Å². The number of benzene rings is 1. The maximum atomic E-state index is 9.16. The molecule has 0 aromatic heterocycles. The summed E-state index contributed by atoms with van der Waals surface area (Å²) in [5.74, 6) is 0. The molecule has 0 aliphatic carbocycles. The highest BCUT2D eigenvalue weighted by molar-refractivity contribution is 9.10. The second-order valence-corrected chi connectivity index (χ2v) is 4.79. The Bertz CT molecular complexity index is 324. The van der Waals surface area contributed by atoms with Gasteiger partial charge in [-0.2, -0.15) is 0 Å². The van der Waals surface area contributed by atoms with Gasteiger partial charge in [0, 0.05) is 4.47 Å². The van der Waals surface area contributed by atoms with Crippen LogP contribution in [0.25, 0.3) is 0 Å². The third-order valence-corrected chi connectivity index (χ3v) is 3.68. The Morgan fingerprint density at radius 2 is 1.79 bits per heavy atom. The summed E-state index contributed by atoms with van der Waals surface area (Å²) in [4.78, 5) is 0. The summed E-state index contributed by atoms with van der Waals surface area (Å²) in [6.07, 6.45) is 0. The molecule has 1 aromatic rings. The average molecular weight is 258 g/mol. The molecule has 14 heavy (non-hydrogen) atoms. The summed E-state index contributed by atoms with van der Waals surface area (Å²) in [6, 6.07) is 4.01. The molecule has 0 aliphatic rings. The first-order valence-corrected chi connectivity index (χ1v) is 5.35. The molecule has 78 valence electrons. The molecule has 1 atom stereocenters. The van der Waals surface area contributed by atoms with Crippen molar-refractivity contribution < 1.29 is 5.11 Å². The lowest BCUT2D eigenvalue weighted by Gasteiger charge is -2.23. The zero-order valence-corrected chi connectivity index (χ0v) is 10.4. The van der Waals surface area contributed by atoms with Crippen LogP contribution in [0, 0.1) is 13.8 Å². The van der Waals surface area contributed by atoms with E-state index in [2.05, 4.69) is 15.9 Å². The number of aliphatic hydroxyl groups is 1. The van der Waals surface area contributed by atoms with Crippen molar-refractivity contribution in [3.05, 3.63) is 33.3 Å². The van der Waals surface area contributed by atoms with Gasteiger partial charge in [-0.05, 0) is 37.5 Å². The molecule has 1 aromatic carbocycles. The van der Waals surface area contributed by atoms with E-state index >= 15 is 0 Å². The third kappa shape index (κ3) is 2.16. The lowest BCUT2D eigenvalue weighted by molar-refractivity contribution is 0.210. The predicted octanol–water partition coefficient (Wildman–Crippen LogP) is 2.23. The first kappa shape index (κ1) is 11.7. The first-order valence-electron chi connectivity index (χ1n) is 4.55. The number of hydrogen-bond donors (Lipinski definition) is 2. The van der Waals surface area contributed by atoms with Crippen molar-refractivity contribution in [3.63, 3.8) is 0 Å². The van der Waals surface area contributed by atoms with E-state index in [-0.39, 0.29) is 6.61 Å². The van der Waals surface area contributed by atoms with E-state index in [9.17, 15) is 0 Å². The molecule has 0 spiro atoms. The lowest BCUT2D eigenvalue weighted by Crippen LogP contribution is -2.37. The highest BCUT2D eigenvalue weighted by atomic mass is 79.9. The zero-order chi connectivity index (χ0) is 10.9. The highest BCUT2D eigenvalue weighted by Crippen LogP contribution is 2.27. The maximum Gasteiger partial charge on any atom is 0.0650 e. The first-order chi connectivity index (χ1) is 6.38. The van der Waals surface area contributed by atoms with E-state index in [0.717, 1.165) is 21.2 Å². The average Bonchev–Trinajstić information content (AvgIpc) is 2.13. The molecule has 0 amide bonds. The summed E-state index contributed by atoms with van der Waals surface area (Å²) >= 11 is 3.50. The summed E-state index contributed by atoms with van der Waals surface area (Å²) in [7, 11) is 0. The van der Waals surface area contributed by atoms with Gasteiger partial charge >= 0.3 is 0 Å². The van der Waals surface area contributed by atoms with Gasteiger partial charge in [-0.3, -0.25) is 0 Å². The molecule has 0 saturated carbocycles. The van der Waals surface area contributed by atoms with Gasteiger partial charge in [-0.15, -0.1) is 0 Å². The molecule has 0 saturated heterocycles. The zero-order valence-electron chi connectivity index (χ0n) is 8.76. The normalized spacial score (nSPS) is 15.3. The molecule has 3 heteroatoms. The van der Waals surface area contributed by atoms with Crippen molar-refractivity contribution in [2.45, 2.75) is 26.3 Å². The molecule has 0 fully saturated rings. The van der Waals surface area contributed by atoms with E-state index < -0.39 is 5.54 Å². The molecule has 0 heterocycles. The van der Waals surface area contributed by atoms with Crippen LogP contribution in [0.4, 0.5) is 0 Å². The number of nitrogens with two attached hydrogens (primary N) is 1. The van der Waals surface area contributed by atoms with E-state index in [4.69, 9.17) is 10.8 Å². The fraction of sp³-hybridized carbons (Fsp3) is 0.455. The number of hydrogen-bond acceptors (Lipinski definition) is 2. The van der Waals surface area contributed by atoms with Crippen LogP contribution in [0.1, 0.15) is 23.6 Å². The van der Waals surface area contributed by atoms with Crippen molar-refractivity contribution in [1.29, 1.82) is 0 Å². The largest absolute Gasteiger partial charge is 0.394 e. The summed E-state index contributed by atoms with van der Waals surface area (Å²) in [6.45, 7) is 5.82. The van der Waals surface area contributed by atoms with Crippen LogP contribution in [0.2, 0.25) is 0 Å². The van der Waals surface area contributed by atoms with Crippen LogP contribution in [0.15, 0.2) is 16.6 Å². The van der Waals surface area contributed by atoms with Crippen LogP contribution in [-0.4, -0.2) is 11.7 Å². The lowest BCUT2D eigenvalue weighted by atomic mass is 9.91. The molecule has 0 radical (unpaired) electrons. The molecule has 1 rings (SSSR count). The van der Waals surface area contributed by atoms with Crippen LogP contribution >= 0.6 is 15.9 Å². The highest BCUT2D eigenvalue weighted by Gasteiger charge is 2.21. The molecular formula is C11H16BrNO. The predicted molar refractivity (Wildman–Crippen MR) is 62.2 cm³/mol. The van der Waals surface area contributed by atoms with Crippen LogP contribution < -0.4 is 5.73 Å². The van der Waals surface area contributed by atoms with Crippen LogP contribution in [0.3, 0.4) is 0 Å². The van der Waals surface area contributed by atoms with Gasteiger partial charge in [0.05, 0.1) is 12.1 Å². The fourth-order valence-corrected chi connectivity index (χ4v) is 1.60. The number of halogens is 1. The minimum absolute atomic E-state index is 0.0481. The van der Waals surface area contributed by atoms with Crippen molar-refractivity contribution >= 4 is 15.9 Å². The quantitative estimate of drug-likeness (QED) is 0.854. The molecule has 0 bridgehead atoms. The van der Waals surface area contributed by atoms with Gasteiger partial charge in [0.2, 0.25) is 0 Å². The molecule has 2 nitrogen and oxygen atoms in total. The van der Waals surface area contributed by atoms with E-state index in [0.29, 0.717) is 0 Å². The smallest absolute Gasteiger partial charge is 0.0650 e. The monoisotopic (exact) mass is 257 g/mol. The number of aliphatic hydroxyl groups excluding tert-OH is 1. The van der Waals surface area contributed by atoms with Gasteiger partial charge < -0.3 is 10.8 Å². The minimum atomic E-state index is -0.657. The van der Waals surface area contributed by atoms with Gasteiger partial charge in [0.15, 0.2) is 0 Å². The van der Waals surface area contributed by atoms with Crippen molar-refractivity contribution in [2.75, 3.05) is 6.61 Å². The SMILES string of the molecule is Cc1cc(C(C)(N)CO)cc(C)c1Br. The van der Waals surface area contributed by atoms with Gasteiger partial charge in [-0.1, -0.05) is 28.1 Å². The number of aryl methyl sites for hydroxylation is 2. The molecule has 3 N–H and O–H groups in total. The summed E-state index contributed by atoms with van der Waals surface area (Å²) in [5.41, 5.74) is 8.56. The topological polar surface area (TPSA) is 46.2 Å². The fourth-order valence-electron chi connectivity index (χ4n) is 1.37. The maximum absolute atomic E-state index is 9.16. The Morgan fingerprint density at radius 1 is 1.36 bits per heavy atom. The summed E-state index contributed by atoms with van der Waals surface area (Å²) in [5, 5.41) is 9.16. The summed E-state index contributed by atoms with van der Waals surface area (Å²) < 4.78 is 1.11. The van der Waals surface area contributed by atoms with Gasteiger partial charge in [0.1, 0.15) is 0 Å². The van der Waals surface area contributed by atoms with Crippen LogP contribution in [-0.2, 0) is 5.54 Å². The Balaban J connectivity index is 3.26. The minimum Gasteiger partial charge on any atom is -0.394 e. The van der Waals surface area contributed by atoms with Gasteiger partial charge in [-0.25, -0.2) is 0 Å². The van der Waals surface area contributed by atoms with E-state index in [1.54, 1.807) is 0 Å². The van der Waals surface area contributed by atoms with Crippen molar-refractivity contribution in [1.82, 2.24) is 0 Å². The van der Waals surface area contributed by atoms with Crippen molar-refractivity contribution in [2.24, 2.45) is 5.73 Å². The molecule has 1 unspecified atom stereocenters. The molecule has 0 aliphatic heterocycles. The Morgan fingerprint density at radius 3 is 2.14 bits per heavy atom. The second kappa shape index (κ2) is 4.01. The number of rotatable bonds is 2. The second-order valence-electron chi connectivity index (χ2n) is 4.00. The third-order valence-electron chi connectivity index (χ3n) is 2.42. The Kier molecular flexibility index (Phi) is 3.35. The molecular weight excluding hydrogens is 242 g/mol. The Labute approximate surface area is 93.3 Å². The van der Waals surface area contributed by atoms with E-state index in [1.165, 1.54) is 0 Å². The van der Waals surface area contributed by atoms with E-state index in [1.807, 2.05) is 32.9 Å². The van der Waals surface area contributed by atoms with Crippen molar-refractivity contribution in [3.8, 4) is 0 Å². The van der Waals surface area contributed by atoms with Gasteiger partial charge in [0.25, 0.3) is 0 Å². The Hall–Kier alpha value is -0.380. The standard InChI is InChI=1S/C11H16BrNO/c1-7-4-9(11(3,13)6-14)5-8(2)10(7)12/h4-5,14H,6,13H2,1-3H3.